The molecule has 0 bridgehead atoms. The fourth-order valence-corrected chi connectivity index (χ4v) is 5.02. The number of hydrogen-bond acceptors (Lipinski definition) is 5. The Morgan fingerprint density at radius 2 is 1.79 bits per heavy atom. The number of carboxylic acids is 1. The molecular weight excluding hydrogens is 350 g/mol. The summed E-state index contributed by atoms with van der Waals surface area (Å²) in [6, 6.07) is 10.8. The number of sulfone groups is 1. The molecule has 3 rings (SSSR count). The van der Waals surface area contributed by atoms with Crippen LogP contribution in [0.5, 0.6) is 0 Å². The molecule has 1 amide bonds. The molecule has 1 aromatic carbocycles. The van der Waals surface area contributed by atoms with Crippen molar-refractivity contribution in [1.29, 1.82) is 0 Å². The molecule has 1 N–H and O–H groups in total. The molecule has 8 heteroatoms. The van der Waals surface area contributed by atoms with Crippen LogP contribution >= 0.6 is 11.3 Å². The number of rotatable bonds is 6. The van der Waals surface area contributed by atoms with E-state index >= 15 is 0 Å². The third-order valence-corrected chi connectivity index (χ3v) is 7.00. The van der Waals surface area contributed by atoms with Gasteiger partial charge in [-0.05, 0) is 37.1 Å². The van der Waals surface area contributed by atoms with Gasteiger partial charge in [-0.2, -0.15) is 0 Å². The molecule has 0 saturated heterocycles. The minimum absolute atomic E-state index is 0.0649. The van der Waals surface area contributed by atoms with E-state index in [1.54, 1.807) is 18.2 Å². The maximum atomic E-state index is 12.6. The topological polar surface area (TPSA) is 91.8 Å². The summed E-state index contributed by atoms with van der Waals surface area (Å²) in [5.74, 6) is -1.51. The highest BCUT2D eigenvalue weighted by Gasteiger charge is 2.35. The van der Waals surface area contributed by atoms with E-state index in [9.17, 15) is 18.0 Å². The molecule has 0 spiro atoms. The van der Waals surface area contributed by atoms with Gasteiger partial charge in [-0.1, -0.05) is 18.2 Å². The summed E-state index contributed by atoms with van der Waals surface area (Å²) in [5, 5.41) is 8.95. The highest BCUT2D eigenvalue weighted by molar-refractivity contribution is 7.93. The van der Waals surface area contributed by atoms with Gasteiger partial charge in [0.2, 0.25) is 9.84 Å². The van der Waals surface area contributed by atoms with Crippen molar-refractivity contribution < 1.29 is 23.1 Å². The molecule has 126 valence electrons. The van der Waals surface area contributed by atoms with Crippen LogP contribution in [0.25, 0.3) is 0 Å². The van der Waals surface area contributed by atoms with Crippen molar-refractivity contribution in [3.05, 3.63) is 47.3 Å². The van der Waals surface area contributed by atoms with Gasteiger partial charge in [0.25, 0.3) is 5.91 Å². The minimum atomic E-state index is -3.67. The summed E-state index contributed by atoms with van der Waals surface area (Å²) in [7, 11) is -3.67. The van der Waals surface area contributed by atoms with E-state index in [2.05, 4.69) is 0 Å². The number of aliphatic carboxylic acids is 1. The fourth-order valence-electron chi connectivity index (χ4n) is 2.34. The van der Waals surface area contributed by atoms with Gasteiger partial charge in [-0.3, -0.25) is 9.59 Å². The van der Waals surface area contributed by atoms with Crippen LogP contribution in [0.3, 0.4) is 0 Å². The van der Waals surface area contributed by atoms with Crippen LogP contribution < -0.4 is 0 Å². The average Bonchev–Trinajstić information content (AvgIpc) is 3.27. The van der Waals surface area contributed by atoms with Crippen molar-refractivity contribution in [3.63, 3.8) is 0 Å². The molecule has 1 fully saturated rings. The van der Waals surface area contributed by atoms with Crippen LogP contribution in [-0.2, 0) is 14.6 Å². The first-order valence-electron chi connectivity index (χ1n) is 7.32. The van der Waals surface area contributed by atoms with Gasteiger partial charge in [-0.25, -0.2) is 8.42 Å². The van der Waals surface area contributed by atoms with Crippen LogP contribution in [0.2, 0.25) is 0 Å². The first-order valence-corrected chi connectivity index (χ1v) is 9.62. The summed E-state index contributed by atoms with van der Waals surface area (Å²) < 4.78 is 25.2. The third kappa shape index (κ3) is 3.34. The van der Waals surface area contributed by atoms with Gasteiger partial charge in [0.05, 0.1) is 9.77 Å². The largest absolute Gasteiger partial charge is 0.480 e. The van der Waals surface area contributed by atoms with E-state index in [1.807, 2.05) is 0 Å². The zero-order valence-corrected chi connectivity index (χ0v) is 14.2. The van der Waals surface area contributed by atoms with Crippen molar-refractivity contribution in [2.45, 2.75) is 28.0 Å². The maximum Gasteiger partial charge on any atom is 0.323 e. The Bertz CT molecular complexity index is 869. The number of thiophene rings is 1. The number of hydrogen-bond donors (Lipinski definition) is 1. The number of carbonyl (C=O) groups excluding carboxylic acids is 1. The quantitative estimate of drug-likeness (QED) is 0.848. The Morgan fingerprint density at radius 3 is 2.38 bits per heavy atom. The number of benzene rings is 1. The highest BCUT2D eigenvalue weighted by Crippen LogP contribution is 2.32. The van der Waals surface area contributed by atoms with Crippen molar-refractivity contribution in [1.82, 2.24) is 4.90 Å². The van der Waals surface area contributed by atoms with E-state index in [4.69, 9.17) is 5.11 Å². The lowest BCUT2D eigenvalue weighted by Crippen LogP contribution is -2.37. The molecule has 1 aliphatic carbocycles. The van der Waals surface area contributed by atoms with Crippen LogP contribution in [0.15, 0.2) is 51.6 Å². The predicted octanol–water partition coefficient (Wildman–Crippen LogP) is 2.27. The second-order valence-corrected chi connectivity index (χ2v) is 8.75. The minimum Gasteiger partial charge on any atom is -0.480 e. The number of amides is 1. The Hall–Kier alpha value is -2.19. The van der Waals surface area contributed by atoms with Gasteiger partial charge < -0.3 is 10.0 Å². The molecule has 1 heterocycles. The maximum absolute atomic E-state index is 12.6. The molecule has 0 radical (unpaired) electrons. The van der Waals surface area contributed by atoms with Crippen LogP contribution in [0.1, 0.15) is 22.5 Å². The summed E-state index contributed by atoms with van der Waals surface area (Å²) in [6.45, 7) is -0.373. The summed E-state index contributed by atoms with van der Waals surface area (Å²) in [4.78, 5) is 25.2. The third-order valence-electron chi connectivity index (χ3n) is 3.66. The Balaban J connectivity index is 1.87. The molecule has 6 nitrogen and oxygen atoms in total. The van der Waals surface area contributed by atoms with Crippen LogP contribution in [0.4, 0.5) is 0 Å². The number of carboxylic acid groups (broad SMARTS) is 1. The molecule has 1 aliphatic rings. The summed E-state index contributed by atoms with van der Waals surface area (Å²) in [6.07, 6.45) is 1.55. The van der Waals surface area contributed by atoms with Crippen molar-refractivity contribution in [2.24, 2.45) is 0 Å². The first kappa shape index (κ1) is 16.7. The second kappa shape index (κ2) is 6.37. The Labute approximate surface area is 143 Å². The fraction of sp³-hybridized carbons (Fsp3) is 0.250. The molecule has 24 heavy (non-hydrogen) atoms. The van der Waals surface area contributed by atoms with Gasteiger partial charge in [0.15, 0.2) is 0 Å². The molecular formula is C16H15NO5S2. The molecule has 1 saturated carbocycles. The van der Waals surface area contributed by atoms with Gasteiger partial charge in [-0.15, -0.1) is 11.3 Å². The summed E-state index contributed by atoms with van der Waals surface area (Å²) in [5.41, 5.74) is 0. The van der Waals surface area contributed by atoms with E-state index in [0.29, 0.717) is 0 Å². The standard InChI is InChI=1S/C16H15NO5S2/c18-14(19)10-17(11-6-7-11)16(20)13-8-9-15(23-13)24(21,22)12-4-2-1-3-5-12/h1-5,8-9,11H,6-7,10H2,(H,18,19). The summed E-state index contributed by atoms with van der Waals surface area (Å²) >= 11 is 0.871. The van der Waals surface area contributed by atoms with E-state index in [-0.39, 0.29) is 26.6 Å². The molecule has 2 aromatic rings. The van der Waals surface area contributed by atoms with Gasteiger partial charge in [0, 0.05) is 6.04 Å². The van der Waals surface area contributed by atoms with Crippen molar-refractivity contribution in [3.8, 4) is 0 Å². The molecule has 1 aromatic heterocycles. The Kier molecular flexibility index (Phi) is 4.42. The SMILES string of the molecule is O=C(O)CN(C(=O)c1ccc(S(=O)(=O)c2ccccc2)s1)C1CC1. The smallest absolute Gasteiger partial charge is 0.323 e. The lowest BCUT2D eigenvalue weighted by Gasteiger charge is -2.19. The molecule has 0 aliphatic heterocycles. The Morgan fingerprint density at radius 1 is 1.12 bits per heavy atom. The molecule has 0 atom stereocenters. The highest BCUT2D eigenvalue weighted by atomic mass is 32.2. The van der Waals surface area contributed by atoms with E-state index < -0.39 is 21.7 Å². The van der Waals surface area contributed by atoms with E-state index in [1.165, 1.54) is 29.2 Å². The van der Waals surface area contributed by atoms with Crippen molar-refractivity contribution >= 4 is 33.1 Å². The number of nitrogens with zero attached hydrogens (tertiary/aromatic N) is 1. The predicted molar refractivity (Wildman–Crippen MR) is 87.9 cm³/mol. The monoisotopic (exact) mass is 365 g/mol. The average molecular weight is 365 g/mol. The first-order chi connectivity index (χ1) is 11.4. The van der Waals surface area contributed by atoms with Gasteiger partial charge >= 0.3 is 5.97 Å². The second-order valence-electron chi connectivity index (χ2n) is 5.49. The lowest BCUT2D eigenvalue weighted by atomic mass is 10.3. The van der Waals surface area contributed by atoms with Crippen LogP contribution in [-0.4, -0.2) is 42.9 Å². The zero-order chi connectivity index (χ0) is 17.3. The zero-order valence-electron chi connectivity index (χ0n) is 12.6. The van der Waals surface area contributed by atoms with Crippen molar-refractivity contribution in [2.75, 3.05) is 6.54 Å². The molecule has 0 unspecified atom stereocenters. The normalized spacial score (nSPS) is 14.3. The number of carbonyl (C=O) groups is 2. The van der Waals surface area contributed by atoms with Crippen LogP contribution in [0, 0.1) is 0 Å². The van der Waals surface area contributed by atoms with E-state index in [0.717, 1.165) is 24.2 Å². The van der Waals surface area contributed by atoms with Gasteiger partial charge in [0.1, 0.15) is 10.8 Å². The lowest BCUT2D eigenvalue weighted by molar-refractivity contribution is -0.137.